The van der Waals surface area contributed by atoms with Crippen LogP contribution in [0.3, 0.4) is 0 Å². The summed E-state index contributed by atoms with van der Waals surface area (Å²) in [6.45, 7) is 9.19. The minimum absolute atomic E-state index is 0.156. The molecule has 0 spiro atoms. The van der Waals surface area contributed by atoms with Gasteiger partial charge in [0.15, 0.2) is 11.8 Å². The van der Waals surface area contributed by atoms with Crippen LogP contribution in [-0.2, 0) is 14.3 Å². The molecule has 0 saturated carbocycles. The van der Waals surface area contributed by atoms with Gasteiger partial charge in [0.05, 0.1) is 23.5 Å². The Hall–Kier alpha value is -3.49. The zero-order chi connectivity index (χ0) is 26.2. The van der Waals surface area contributed by atoms with Gasteiger partial charge in [0.25, 0.3) is 0 Å². The highest BCUT2D eigenvalue weighted by Crippen LogP contribution is 2.35. The molecule has 0 amide bonds. The molecule has 0 aliphatic rings. The van der Waals surface area contributed by atoms with Crippen LogP contribution in [0.2, 0.25) is 5.15 Å². The molecule has 7 nitrogen and oxygen atoms in total. The van der Waals surface area contributed by atoms with Crippen molar-refractivity contribution in [1.82, 2.24) is 14.6 Å². The Labute approximate surface area is 213 Å². The number of rotatable bonds is 6. The summed E-state index contributed by atoms with van der Waals surface area (Å²) >= 11 is 6.78. The second kappa shape index (κ2) is 9.87. The number of fused-ring (bicyclic) bond motifs is 1. The lowest BCUT2D eigenvalue weighted by Gasteiger charge is -2.27. The van der Waals surface area contributed by atoms with E-state index in [0.29, 0.717) is 33.7 Å². The van der Waals surface area contributed by atoms with Gasteiger partial charge in [-0.15, -0.1) is 0 Å². The number of aryl methyl sites for hydroxylation is 1. The van der Waals surface area contributed by atoms with Gasteiger partial charge in [0.1, 0.15) is 16.7 Å². The molecule has 2 heterocycles. The maximum Gasteiger partial charge on any atom is 0.340 e. The predicted octanol–water partition coefficient (Wildman–Crippen LogP) is 6.29. The quantitative estimate of drug-likeness (QED) is 0.242. The van der Waals surface area contributed by atoms with Crippen molar-refractivity contribution < 1.29 is 23.8 Å². The summed E-state index contributed by atoms with van der Waals surface area (Å²) in [4.78, 5) is 17.4. The SMILES string of the molecule is CCOC(=O)[C@@H](OC(C)(C)C)c1c(C)nc2cc(-c3cccc(-c4ccc(F)cc4O)c3)nn2c1Cl. The fraction of sp³-hybridized carbons (Fsp3) is 0.296. The molecule has 1 atom stereocenters. The van der Waals surface area contributed by atoms with Crippen LogP contribution in [0.15, 0.2) is 48.5 Å². The summed E-state index contributed by atoms with van der Waals surface area (Å²) in [7, 11) is 0. The molecule has 0 aliphatic heterocycles. The molecule has 0 bridgehead atoms. The summed E-state index contributed by atoms with van der Waals surface area (Å²) < 4.78 is 26.2. The van der Waals surface area contributed by atoms with E-state index in [0.717, 1.165) is 11.6 Å². The fourth-order valence-electron chi connectivity index (χ4n) is 3.92. The van der Waals surface area contributed by atoms with Gasteiger partial charge in [-0.1, -0.05) is 29.8 Å². The van der Waals surface area contributed by atoms with E-state index in [9.17, 15) is 14.3 Å². The molecule has 0 fully saturated rings. The minimum atomic E-state index is -1.08. The van der Waals surface area contributed by atoms with Crippen molar-refractivity contribution in [3.05, 3.63) is 70.8 Å². The molecule has 9 heteroatoms. The maximum atomic E-state index is 13.4. The van der Waals surface area contributed by atoms with E-state index in [2.05, 4.69) is 10.1 Å². The number of benzene rings is 2. The van der Waals surface area contributed by atoms with E-state index < -0.39 is 23.5 Å². The smallest absolute Gasteiger partial charge is 0.340 e. The van der Waals surface area contributed by atoms with Crippen molar-refractivity contribution in [3.63, 3.8) is 0 Å². The lowest BCUT2D eigenvalue weighted by molar-refractivity contribution is -0.167. The largest absolute Gasteiger partial charge is 0.507 e. The zero-order valence-corrected chi connectivity index (χ0v) is 21.4. The van der Waals surface area contributed by atoms with E-state index in [-0.39, 0.29) is 17.5 Å². The third-order valence-electron chi connectivity index (χ3n) is 5.43. The molecule has 4 rings (SSSR count). The minimum Gasteiger partial charge on any atom is -0.507 e. The number of nitrogens with zero attached hydrogens (tertiary/aromatic N) is 3. The standard InChI is InChI=1S/C27H27ClFN3O4/c1-6-35-26(34)24(36-27(3,4)5)23-15(2)30-22-14-20(31-32(22)25(23)28)17-9-7-8-16(12-17)19-11-10-18(29)13-21(19)33/h7-14,24,33H,6H2,1-5H3/t24-/m0/s1. The topological polar surface area (TPSA) is 86.0 Å². The van der Waals surface area contributed by atoms with Crippen LogP contribution in [0.4, 0.5) is 4.39 Å². The van der Waals surface area contributed by atoms with E-state index in [1.165, 1.54) is 16.6 Å². The molecular weight excluding hydrogens is 485 g/mol. The van der Waals surface area contributed by atoms with Gasteiger partial charge >= 0.3 is 5.97 Å². The molecular formula is C27H27ClFN3O4. The van der Waals surface area contributed by atoms with Gasteiger partial charge in [-0.25, -0.2) is 18.7 Å². The van der Waals surface area contributed by atoms with Crippen LogP contribution in [0.1, 0.15) is 45.1 Å². The van der Waals surface area contributed by atoms with Gasteiger partial charge in [-0.05, 0) is 58.4 Å². The van der Waals surface area contributed by atoms with E-state index in [1.807, 2.05) is 45.0 Å². The summed E-state index contributed by atoms with van der Waals surface area (Å²) in [6.07, 6.45) is -1.08. The molecule has 188 valence electrons. The first kappa shape index (κ1) is 25.6. The molecule has 0 unspecified atom stereocenters. The Morgan fingerprint density at radius 2 is 1.89 bits per heavy atom. The van der Waals surface area contributed by atoms with Crippen molar-refractivity contribution in [3.8, 4) is 28.1 Å². The van der Waals surface area contributed by atoms with E-state index >= 15 is 0 Å². The van der Waals surface area contributed by atoms with Crippen LogP contribution in [0.5, 0.6) is 5.75 Å². The molecule has 0 saturated heterocycles. The van der Waals surface area contributed by atoms with Crippen molar-refractivity contribution in [2.24, 2.45) is 0 Å². The second-order valence-corrected chi connectivity index (χ2v) is 9.66. The van der Waals surface area contributed by atoms with Gasteiger partial charge in [0.2, 0.25) is 0 Å². The lowest BCUT2D eigenvalue weighted by atomic mass is 10.0. The highest BCUT2D eigenvalue weighted by atomic mass is 35.5. The highest BCUT2D eigenvalue weighted by Gasteiger charge is 2.33. The van der Waals surface area contributed by atoms with Crippen molar-refractivity contribution in [2.45, 2.75) is 46.3 Å². The fourth-order valence-corrected chi connectivity index (χ4v) is 4.28. The van der Waals surface area contributed by atoms with Crippen molar-refractivity contribution in [2.75, 3.05) is 6.61 Å². The van der Waals surface area contributed by atoms with Crippen LogP contribution in [0, 0.1) is 12.7 Å². The monoisotopic (exact) mass is 511 g/mol. The number of halogens is 2. The maximum absolute atomic E-state index is 13.4. The second-order valence-electron chi connectivity index (χ2n) is 9.31. The normalized spacial score (nSPS) is 12.6. The highest BCUT2D eigenvalue weighted by molar-refractivity contribution is 6.30. The summed E-state index contributed by atoms with van der Waals surface area (Å²) in [5.74, 6) is -1.23. The number of ether oxygens (including phenoxy) is 2. The van der Waals surface area contributed by atoms with Crippen LogP contribution >= 0.6 is 11.6 Å². The van der Waals surface area contributed by atoms with Crippen molar-refractivity contribution >= 4 is 23.2 Å². The first-order chi connectivity index (χ1) is 17.0. The number of aromatic nitrogens is 3. The average Bonchev–Trinajstić information content (AvgIpc) is 3.22. The Morgan fingerprint density at radius 1 is 1.17 bits per heavy atom. The number of esters is 1. The Morgan fingerprint density at radius 3 is 2.56 bits per heavy atom. The Kier molecular flexibility index (Phi) is 7.02. The van der Waals surface area contributed by atoms with Gasteiger partial charge in [-0.3, -0.25) is 0 Å². The lowest BCUT2D eigenvalue weighted by Crippen LogP contribution is -2.30. The van der Waals surface area contributed by atoms with Gasteiger partial charge < -0.3 is 14.6 Å². The number of phenols is 1. The summed E-state index contributed by atoms with van der Waals surface area (Å²) in [5.41, 5.74) is 3.25. The predicted molar refractivity (Wildman–Crippen MR) is 135 cm³/mol. The summed E-state index contributed by atoms with van der Waals surface area (Å²) in [5, 5.41) is 15.0. The van der Waals surface area contributed by atoms with Crippen LogP contribution < -0.4 is 0 Å². The number of hydrogen-bond acceptors (Lipinski definition) is 6. The molecule has 1 N–H and O–H groups in total. The van der Waals surface area contributed by atoms with Crippen LogP contribution in [-0.4, -0.2) is 37.9 Å². The number of carbonyl (C=O) groups excluding carboxylic acids is 1. The van der Waals surface area contributed by atoms with E-state index in [1.54, 1.807) is 19.9 Å². The number of aromatic hydroxyl groups is 1. The third-order valence-corrected chi connectivity index (χ3v) is 5.80. The summed E-state index contributed by atoms with van der Waals surface area (Å²) in [6, 6.07) is 13.0. The first-order valence-corrected chi connectivity index (χ1v) is 11.9. The molecule has 0 aliphatic carbocycles. The molecule has 36 heavy (non-hydrogen) atoms. The third kappa shape index (κ3) is 5.20. The number of carbonyl (C=O) groups is 1. The zero-order valence-electron chi connectivity index (χ0n) is 20.7. The molecule has 2 aromatic heterocycles. The van der Waals surface area contributed by atoms with Crippen molar-refractivity contribution in [1.29, 1.82) is 0 Å². The molecule has 4 aromatic rings. The molecule has 2 aromatic carbocycles. The Bertz CT molecular complexity index is 1450. The van der Waals surface area contributed by atoms with Gasteiger partial charge in [-0.2, -0.15) is 5.10 Å². The van der Waals surface area contributed by atoms with Crippen LogP contribution in [0.25, 0.3) is 28.0 Å². The molecule has 0 radical (unpaired) electrons. The van der Waals surface area contributed by atoms with Gasteiger partial charge in [0, 0.05) is 29.0 Å². The average molecular weight is 512 g/mol. The number of hydrogen-bond donors (Lipinski definition) is 1. The first-order valence-electron chi connectivity index (χ1n) is 11.5. The number of phenolic OH excluding ortho intramolecular Hbond substituents is 1. The Balaban J connectivity index is 1.80. The van der Waals surface area contributed by atoms with E-state index in [4.69, 9.17) is 21.1 Å².